The minimum atomic E-state index is 0.0900. The fraction of sp³-hybridized carbons (Fsp3) is 0.400. The minimum Gasteiger partial charge on any atom is -0.493 e. The summed E-state index contributed by atoms with van der Waals surface area (Å²) in [6, 6.07) is 3.23. The number of aliphatic hydroxyl groups excluding tert-OH is 1. The second-order valence-electron chi connectivity index (χ2n) is 3.06. The van der Waals surface area contributed by atoms with Gasteiger partial charge in [-0.2, -0.15) is 0 Å². The Bertz CT molecular complexity index is 329. The molecule has 0 fully saturated rings. The van der Waals surface area contributed by atoms with E-state index in [1.54, 1.807) is 12.1 Å². The third-order valence-electron chi connectivity index (χ3n) is 1.93. The summed E-state index contributed by atoms with van der Waals surface area (Å²) in [7, 11) is 1.53. The largest absolute Gasteiger partial charge is 0.493 e. The molecule has 1 aromatic carbocycles. The average molecular weight is 212 g/mol. The van der Waals surface area contributed by atoms with Gasteiger partial charge in [0.1, 0.15) is 0 Å². The Morgan fingerprint density at radius 1 is 1.20 bits per heavy atom. The van der Waals surface area contributed by atoms with E-state index in [1.165, 1.54) is 7.11 Å². The summed E-state index contributed by atoms with van der Waals surface area (Å²) < 4.78 is 10.5. The molecule has 0 atom stereocenters. The molecule has 0 amide bonds. The highest BCUT2D eigenvalue weighted by Gasteiger charge is 2.07. The fourth-order valence-corrected chi connectivity index (χ4v) is 1.11. The summed E-state index contributed by atoms with van der Waals surface area (Å²) in [6.45, 7) is 0.503. The van der Waals surface area contributed by atoms with Crippen LogP contribution < -0.4 is 20.9 Å². The molecule has 5 heteroatoms. The molecule has 0 aliphatic carbocycles. The molecule has 5 N–H and O–H groups in total. The lowest BCUT2D eigenvalue weighted by Gasteiger charge is -2.12. The van der Waals surface area contributed by atoms with Crippen LogP contribution in [0.1, 0.15) is 6.42 Å². The van der Waals surface area contributed by atoms with Crippen LogP contribution >= 0.6 is 0 Å². The summed E-state index contributed by atoms with van der Waals surface area (Å²) >= 11 is 0. The third kappa shape index (κ3) is 2.92. The van der Waals surface area contributed by atoms with Crippen LogP contribution in [0.15, 0.2) is 12.1 Å². The molecule has 0 saturated carbocycles. The van der Waals surface area contributed by atoms with Crippen LogP contribution in [0.3, 0.4) is 0 Å². The first-order chi connectivity index (χ1) is 7.19. The van der Waals surface area contributed by atoms with E-state index in [4.69, 9.17) is 26.0 Å². The number of hydrogen-bond acceptors (Lipinski definition) is 5. The van der Waals surface area contributed by atoms with Crippen LogP contribution in [0.4, 0.5) is 11.4 Å². The molecule has 0 unspecified atom stereocenters. The Morgan fingerprint density at radius 3 is 2.33 bits per heavy atom. The van der Waals surface area contributed by atoms with E-state index < -0.39 is 0 Å². The molecule has 1 aromatic rings. The molecule has 5 nitrogen and oxygen atoms in total. The maximum Gasteiger partial charge on any atom is 0.163 e. The molecule has 0 bridgehead atoms. The van der Waals surface area contributed by atoms with Gasteiger partial charge in [0, 0.05) is 25.2 Å². The van der Waals surface area contributed by atoms with Crippen LogP contribution in [0.25, 0.3) is 0 Å². The quantitative estimate of drug-likeness (QED) is 0.491. The molecule has 0 heterocycles. The number of ether oxygens (including phenoxy) is 2. The van der Waals surface area contributed by atoms with Crippen molar-refractivity contribution in [1.82, 2.24) is 0 Å². The van der Waals surface area contributed by atoms with Gasteiger partial charge < -0.3 is 26.0 Å². The molecule has 0 radical (unpaired) electrons. The van der Waals surface area contributed by atoms with E-state index in [-0.39, 0.29) is 6.61 Å². The number of methoxy groups -OCH3 is 1. The number of benzene rings is 1. The first-order valence-corrected chi connectivity index (χ1v) is 4.65. The van der Waals surface area contributed by atoms with Gasteiger partial charge in [-0.1, -0.05) is 0 Å². The van der Waals surface area contributed by atoms with Gasteiger partial charge in [-0.3, -0.25) is 0 Å². The van der Waals surface area contributed by atoms with E-state index in [0.29, 0.717) is 35.9 Å². The molecule has 0 aliphatic heterocycles. The maximum absolute atomic E-state index is 8.61. The van der Waals surface area contributed by atoms with Gasteiger partial charge in [0.05, 0.1) is 25.1 Å². The van der Waals surface area contributed by atoms with Gasteiger partial charge >= 0.3 is 0 Å². The van der Waals surface area contributed by atoms with E-state index in [1.807, 2.05) is 0 Å². The van der Waals surface area contributed by atoms with Crippen LogP contribution in [0.2, 0.25) is 0 Å². The molecule has 1 rings (SSSR count). The summed E-state index contributed by atoms with van der Waals surface area (Å²) in [5.41, 5.74) is 12.2. The van der Waals surface area contributed by atoms with Gasteiger partial charge in [0.15, 0.2) is 11.5 Å². The van der Waals surface area contributed by atoms with Crippen LogP contribution in [0, 0.1) is 0 Å². The standard InChI is InChI=1S/C10H16N2O3/c1-14-9-5-7(11)8(12)6-10(9)15-4-2-3-13/h5-6,13H,2-4,11-12H2,1H3. The van der Waals surface area contributed by atoms with Crippen molar-refractivity contribution in [2.24, 2.45) is 0 Å². The van der Waals surface area contributed by atoms with E-state index >= 15 is 0 Å². The normalized spacial score (nSPS) is 10.0. The van der Waals surface area contributed by atoms with Gasteiger partial charge in [-0.05, 0) is 0 Å². The molecular formula is C10H16N2O3. The van der Waals surface area contributed by atoms with Gasteiger partial charge in [-0.25, -0.2) is 0 Å². The highest BCUT2D eigenvalue weighted by atomic mass is 16.5. The van der Waals surface area contributed by atoms with Crippen molar-refractivity contribution < 1.29 is 14.6 Å². The number of nitrogen functional groups attached to an aromatic ring is 2. The molecule has 0 spiro atoms. The number of nitrogens with two attached hydrogens (primary N) is 2. The summed E-state index contributed by atoms with van der Waals surface area (Å²) in [4.78, 5) is 0. The average Bonchev–Trinajstić information content (AvgIpc) is 2.23. The van der Waals surface area contributed by atoms with Crippen LogP contribution in [0.5, 0.6) is 11.5 Å². The summed E-state index contributed by atoms with van der Waals surface area (Å²) in [6.07, 6.45) is 0.563. The van der Waals surface area contributed by atoms with Gasteiger partial charge in [0.25, 0.3) is 0 Å². The van der Waals surface area contributed by atoms with Crippen molar-refractivity contribution in [1.29, 1.82) is 0 Å². The van der Waals surface area contributed by atoms with Crippen molar-refractivity contribution >= 4 is 11.4 Å². The van der Waals surface area contributed by atoms with Crippen LogP contribution in [-0.4, -0.2) is 25.4 Å². The Labute approximate surface area is 88.6 Å². The SMILES string of the molecule is COc1cc(N)c(N)cc1OCCCO. The first kappa shape index (κ1) is 11.5. The van der Waals surface area contributed by atoms with Crippen molar-refractivity contribution in [2.45, 2.75) is 6.42 Å². The number of rotatable bonds is 5. The van der Waals surface area contributed by atoms with Crippen molar-refractivity contribution in [3.8, 4) is 11.5 Å². The molecule has 0 aromatic heterocycles. The molecular weight excluding hydrogens is 196 g/mol. The Hall–Kier alpha value is -1.62. The van der Waals surface area contributed by atoms with Gasteiger partial charge in [0.2, 0.25) is 0 Å². The zero-order valence-corrected chi connectivity index (χ0v) is 8.69. The topological polar surface area (TPSA) is 90.7 Å². The number of aliphatic hydroxyl groups is 1. The lowest BCUT2D eigenvalue weighted by Crippen LogP contribution is -2.03. The van der Waals surface area contributed by atoms with E-state index in [9.17, 15) is 0 Å². The fourth-order valence-electron chi connectivity index (χ4n) is 1.11. The van der Waals surface area contributed by atoms with E-state index in [2.05, 4.69) is 0 Å². The Morgan fingerprint density at radius 2 is 1.80 bits per heavy atom. The molecule has 0 saturated heterocycles. The third-order valence-corrected chi connectivity index (χ3v) is 1.93. The monoisotopic (exact) mass is 212 g/mol. The Balaban J connectivity index is 2.80. The molecule has 15 heavy (non-hydrogen) atoms. The predicted molar refractivity (Wildman–Crippen MR) is 59.0 cm³/mol. The van der Waals surface area contributed by atoms with E-state index in [0.717, 1.165) is 0 Å². The van der Waals surface area contributed by atoms with Crippen LogP contribution in [-0.2, 0) is 0 Å². The zero-order chi connectivity index (χ0) is 11.3. The summed E-state index contributed by atoms with van der Waals surface area (Å²) in [5.74, 6) is 1.08. The first-order valence-electron chi connectivity index (χ1n) is 4.65. The lowest BCUT2D eigenvalue weighted by molar-refractivity contribution is 0.228. The molecule has 84 valence electrons. The smallest absolute Gasteiger partial charge is 0.163 e. The van der Waals surface area contributed by atoms with Crippen molar-refractivity contribution in [2.75, 3.05) is 31.8 Å². The summed E-state index contributed by atoms with van der Waals surface area (Å²) in [5, 5.41) is 8.61. The second-order valence-corrected chi connectivity index (χ2v) is 3.06. The highest BCUT2D eigenvalue weighted by molar-refractivity contribution is 5.69. The minimum absolute atomic E-state index is 0.0900. The maximum atomic E-state index is 8.61. The van der Waals surface area contributed by atoms with Gasteiger partial charge in [-0.15, -0.1) is 0 Å². The number of anilines is 2. The highest BCUT2D eigenvalue weighted by Crippen LogP contribution is 2.33. The molecule has 0 aliphatic rings. The second kappa shape index (κ2) is 5.31. The van der Waals surface area contributed by atoms with Crippen molar-refractivity contribution in [3.05, 3.63) is 12.1 Å². The van der Waals surface area contributed by atoms with Crippen molar-refractivity contribution in [3.63, 3.8) is 0 Å². The predicted octanol–water partition coefficient (Wildman–Crippen LogP) is 0.621. The zero-order valence-electron chi connectivity index (χ0n) is 8.69. The Kier molecular flexibility index (Phi) is 4.05. The number of hydrogen-bond donors (Lipinski definition) is 3. The lowest BCUT2D eigenvalue weighted by atomic mass is 10.2.